The lowest BCUT2D eigenvalue weighted by atomic mass is 11.0. The van der Waals surface area contributed by atoms with Gasteiger partial charge in [0, 0.05) is 37.2 Å². The van der Waals surface area contributed by atoms with Gasteiger partial charge in [-0.15, -0.1) is 0 Å². The maximum atomic E-state index is 2.12. The van der Waals surface area contributed by atoms with Crippen LogP contribution in [-0.4, -0.2) is 0 Å². The molecule has 0 rings (SSSR count). The van der Waals surface area contributed by atoms with Gasteiger partial charge < -0.3 is 0 Å². The number of halogens is 2. The monoisotopic (exact) mass is 300 g/mol. The van der Waals surface area contributed by atoms with Crippen molar-refractivity contribution in [3.8, 4) is 0 Å². The second kappa shape index (κ2) is 51.0. The average Bonchev–Trinajstić information content (AvgIpc) is 1.50. The van der Waals surface area contributed by atoms with Gasteiger partial charge in [-0.25, -0.2) is 0 Å². The Morgan fingerprint density at radius 1 is 1.00 bits per heavy atom. The van der Waals surface area contributed by atoms with Crippen molar-refractivity contribution in [3.05, 3.63) is 0 Å². The fourth-order valence-corrected chi connectivity index (χ4v) is 0. The Kier molecular flexibility index (Phi) is 164. The molecule has 0 aliphatic carbocycles. The minimum atomic E-state index is 0. The van der Waals surface area contributed by atoms with Crippen LogP contribution >= 0.6 is 37.2 Å². The molecule has 0 amide bonds. The summed E-state index contributed by atoms with van der Waals surface area (Å²) < 4.78 is 0. The molecule has 0 saturated heterocycles. The van der Waals surface area contributed by atoms with Gasteiger partial charge >= 0.3 is 0 Å². The highest BCUT2D eigenvalue weighted by Gasteiger charge is 1.00. The first kappa shape index (κ1) is 16.1. The minimum absolute atomic E-state index is 0. The molecular formula is C3H10I2. The fourth-order valence-electron chi connectivity index (χ4n) is 0. The van der Waals surface area contributed by atoms with Crippen molar-refractivity contribution in [2.45, 2.75) is 21.3 Å². The zero-order valence-electron chi connectivity index (χ0n) is 2.76. The first-order chi connectivity index (χ1) is 2.00. The van der Waals surface area contributed by atoms with Crippen molar-refractivity contribution in [2.24, 2.45) is 0 Å². The van der Waals surface area contributed by atoms with E-state index in [0.717, 1.165) is 0 Å². The van der Waals surface area contributed by atoms with E-state index in [9.17, 15) is 0 Å². The van der Waals surface area contributed by atoms with E-state index in [1.54, 1.807) is 0 Å². The van der Waals surface area contributed by atoms with Gasteiger partial charge in [-0.1, -0.05) is 21.3 Å². The van der Waals surface area contributed by atoms with Crippen LogP contribution < -0.4 is 0 Å². The highest BCUT2D eigenvalue weighted by molar-refractivity contribution is 15.0. The van der Waals surface area contributed by atoms with Crippen LogP contribution in [0.2, 0.25) is 0 Å². The zero-order valence-corrected chi connectivity index (χ0v) is 7.07. The van der Waals surface area contributed by atoms with Gasteiger partial charge in [0.2, 0.25) is 0 Å². The normalized spacial score (nSPS) is 2.40. The quantitative estimate of drug-likeness (QED) is 0.601. The van der Waals surface area contributed by atoms with Gasteiger partial charge in [0.1, 0.15) is 0 Å². The summed E-state index contributed by atoms with van der Waals surface area (Å²) >= 11 is 4.24. The zero-order chi connectivity index (χ0) is 4.00. The Morgan fingerprint density at radius 2 is 1.00 bits per heavy atom. The lowest BCUT2D eigenvalue weighted by Gasteiger charge is -1.07. The molecule has 0 atom stereocenters. The van der Waals surface area contributed by atoms with E-state index < -0.39 is 0 Å². The first-order valence-corrected chi connectivity index (χ1v) is 7.43. The minimum Gasteiger partial charge on any atom is -0.0776 e. The lowest BCUT2D eigenvalue weighted by Crippen LogP contribution is -0.856. The predicted octanol–water partition coefficient (Wildman–Crippen LogP) is 3.43. The maximum absolute atomic E-state index is 2.12. The molecule has 0 radical (unpaired) electrons. The molecule has 0 aromatic heterocycles. The topological polar surface area (TPSA) is 0 Å². The molecule has 5 heavy (non-hydrogen) atoms. The van der Waals surface area contributed by atoms with Crippen molar-refractivity contribution < 1.29 is 0 Å². The molecule has 0 aromatic carbocycles. The van der Waals surface area contributed by atoms with Gasteiger partial charge in [0.25, 0.3) is 0 Å². The molecule has 0 aliphatic rings. The van der Waals surface area contributed by atoms with Gasteiger partial charge in [0.05, 0.1) is 0 Å². The standard InChI is InChI=1S/C2H6.CH4.I2/c1-2;;1-2/h1-2H3;1H4;. The van der Waals surface area contributed by atoms with Crippen molar-refractivity contribution in [1.29, 1.82) is 0 Å². The summed E-state index contributed by atoms with van der Waals surface area (Å²) in [5, 5.41) is 0. The summed E-state index contributed by atoms with van der Waals surface area (Å²) in [6.07, 6.45) is 0. The van der Waals surface area contributed by atoms with E-state index in [1.807, 2.05) is 13.8 Å². The van der Waals surface area contributed by atoms with Crippen molar-refractivity contribution in [2.75, 3.05) is 0 Å². The molecular weight excluding hydrogens is 290 g/mol. The smallest absolute Gasteiger partial charge is 0 e. The number of hydrogen-bond donors (Lipinski definition) is 0. The first-order valence-electron chi connectivity index (χ1n) is 1.14. The van der Waals surface area contributed by atoms with Crippen LogP contribution in [-0.2, 0) is 0 Å². The Balaban J connectivity index is -0.0000000133. The van der Waals surface area contributed by atoms with Gasteiger partial charge in [-0.3, -0.25) is 0 Å². The molecule has 0 nitrogen and oxygen atoms in total. The van der Waals surface area contributed by atoms with Gasteiger partial charge in [-0.05, 0) is 0 Å². The van der Waals surface area contributed by atoms with Gasteiger partial charge in [-0.2, -0.15) is 0 Å². The Labute approximate surface area is 58.0 Å². The van der Waals surface area contributed by atoms with Crippen LogP contribution in [0.25, 0.3) is 0 Å². The van der Waals surface area contributed by atoms with Crippen LogP contribution in [0.5, 0.6) is 0 Å². The summed E-state index contributed by atoms with van der Waals surface area (Å²) in [7, 11) is 0. The Morgan fingerprint density at radius 3 is 1.00 bits per heavy atom. The summed E-state index contributed by atoms with van der Waals surface area (Å²) in [6.45, 7) is 4.00. The molecule has 0 fully saturated rings. The molecule has 0 heterocycles. The van der Waals surface area contributed by atoms with E-state index >= 15 is 0 Å². The molecule has 0 spiro atoms. The maximum Gasteiger partial charge on any atom is 0 e. The second-order valence-corrected chi connectivity index (χ2v) is 0. The molecule has 2 heteroatoms. The van der Waals surface area contributed by atoms with E-state index in [2.05, 4.69) is 37.2 Å². The Bertz CT molecular complexity index is 4.85. The summed E-state index contributed by atoms with van der Waals surface area (Å²) in [5.41, 5.74) is 0. The summed E-state index contributed by atoms with van der Waals surface area (Å²) in [5.74, 6) is 0. The third-order valence-corrected chi connectivity index (χ3v) is 0. The molecule has 0 unspecified atom stereocenters. The van der Waals surface area contributed by atoms with E-state index in [4.69, 9.17) is 0 Å². The molecule has 0 aliphatic heterocycles. The highest BCUT2D eigenvalue weighted by Crippen LogP contribution is 1.89. The number of rotatable bonds is 0. The largest absolute Gasteiger partial charge is 0.0776 e. The van der Waals surface area contributed by atoms with E-state index in [1.165, 1.54) is 0 Å². The van der Waals surface area contributed by atoms with Crippen molar-refractivity contribution in [1.82, 2.24) is 0 Å². The third-order valence-electron chi connectivity index (χ3n) is 0. The van der Waals surface area contributed by atoms with Crippen LogP contribution in [0.1, 0.15) is 21.3 Å². The summed E-state index contributed by atoms with van der Waals surface area (Å²) in [4.78, 5) is 0. The highest BCUT2D eigenvalue weighted by atomic mass is 128. The van der Waals surface area contributed by atoms with E-state index in [0.29, 0.717) is 0 Å². The van der Waals surface area contributed by atoms with E-state index in [-0.39, 0.29) is 7.43 Å². The molecule has 36 valence electrons. The predicted molar refractivity (Wildman–Crippen MR) is 46.1 cm³/mol. The molecule has 0 N–H and O–H groups in total. The van der Waals surface area contributed by atoms with Crippen LogP contribution in [0.3, 0.4) is 0 Å². The Hall–Kier alpha value is 1.46. The third kappa shape index (κ3) is 30.7. The molecule has 0 aromatic rings. The average molecular weight is 300 g/mol. The SMILES string of the molecule is C.CC.II. The van der Waals surface area contributed by atoms with Gasteiger partial charge in [0.15, 0.2) is 0 Å². The number of hydrogen-bond acceptors (Lipinski definition) is 0. The summed E-state index contributed by atoms with van der Waals surface area (Å²) in [6, 6.07) is 0. The molecule has 0 saturated carbocycles. The second-order valence-electron chi connectivity index (χ2n) is 0. The van der Waals surface area contributed by atoms with Crippen molar-refractivity contribution >= 4 is 37.2 Å². The molecule has 0 bridgehead atoms. The van der Waals surface area contributed by atoms with Crippen LogP contribution in [0.15, 0.2) is 0 Å². The van der Waals surface area contributed by atoms with Crippen molar-refractivity contribution in [3.63, 3.8) is 0 Å². The van der Waals surface area contributed by atoms with Crippen LogP contribution in [0.4, 0.5) is 0 Å². The lowest BCUT2D eigenvalue weighted by molar-refractivity contribution is 1.50. The fraction of sp³-hybridized carbons (Fsp3) is 1.00. The van der Waals surface area contributed by atoms with Crippen LogP contribution in [0, 0.1) is 0 Å².